The van der Waals surface area contributed by atoms with Crippen molar-refractivity contribution in [2.24, 2.45) is 0 Å². The highest BCUT2D eigenvalue weighted by molar-refractivity contribution is 5.71. The highest BCUT2D eigenvalue weighted by Crippen LogP contribution is 2.17. The number of hydrogen-bond acceptors (Lipinski definition) is 6. The summed E-state index contributed by atoms with van der Waals surface area (Å²) in [4.78, 5) is 38.4. The Morgan fingerprint density at radius 3 is 0.808 bits per heavy atom. The Balaban J connectivity index is 4.28. The molecule has 0 aliphatic carbocycles. The molecule has 0 aliphatic rings. The third-order valence-corrected chi connectivity index (χ3v) is 14.9. The van der Waals surface area contributed by atoms with Crippen molar-refractivity contribution in [3.8, 4) is 0 Å². The van der Waals surface area contributed by atoms with E-state index in [4.69, 9.17) is 14.2 Å². The molecule has 0 aromatic carbocycles. The van der Waals surface area contributed by atoms with E-state index < -0.39 is 6.10 Å². The first-order chi connectivity index (χ1) is 38.5. The lowest BCUT2D eigenvalue weighted by atomic mass is 10.0. The Bertz CT molecular complexity index is 1440. The molecule has 452 valence electrons. The highest BCUT2D eigenvalue weighted by Gasteiger charge is 2.19. The van der Waals surface area contributed by atoms with E-state index in [1.807, 2.05) is 0 Å². The van der Waals surface area contributed by atoms with Crippen molar-refractivity contribution in [2.75, 3.05) is 13.2 Å². The van der Waals surface area contributed by atoms with E-state index in [1.165, 1.54) is 205 Å². The van der Waals surface area contributed by atoms with Gasteiger partial charge in [-0.1, -0.05) is 293 Å². The van der Waals surface area contributed by atoms with Crippen molar-refractivity contribution in [3.05, 3.63) is 72.9 Å². The second kappa shape index (κ2) is 66.4. The maximum absolute atomic E-state index is 12.9. The number of carbonyl (C=O) groups is 3. The Kier molecular flexibility index (Phi) is 63.7. The number of rotatable bonds is 62. The monoisotopic (exact) mass is 1090 g/mol. The zero-order valence-corrected chi connectivity index (χ0v) is 51.9. The zero-order valence-electron chi connectivity index (χ0n) is 51.9. The van der Waals surface area contributed by atoms with Gasteiger partial charge in [-0.25, -0.2) is 0 Å². The fourth-order valence-electron chi connectivity index (χ4n) is 9.84. The number of ether oxygens (including phenoxy) is 3. The van der Waals surface area contributed by atoms with Crippen LogP contribution in [0.3, 0.4) is 0 Å². The largest absolute Gasteiger partial charge is 0.462 e. The van der Waals surface area contributed by atoms with Crippen molar-refractivity contribution < 1.29 is 28.6 Å². The van der Waals surface area contributed by atoms with Crippen LogP contribution in [0.2, 0.25) is 0 Å². The van der Waals surface area contributed by atoms with Gasteiger partial charge in [-0.15, -0.1) is 0 Å². The lowest BCUT2D eigenvalue weighted by Gasteiger charge is -2.18. The van der Waals surface area contributed by atoms with Crippen LogP contribution >= 0.6 is 0 Å². The van der Waals surface area contributed by atoms with E-state index in [9.17, 15) is 14.4 Å². The number of unbranched alkanes of at least 4 members (excludes halogenated alkanes) is 39. The van der Waals surface area contributed by atoms with Gasteiger partial charge in [0.15, 0.2) is 6.10 Å². The van der Waals surface area contributed by atoms with Gasteiger partial charge in [-0.2, -0.15) is 0 Å². The average molecular weight is 1090 g/mol. The lowest BCUT2D eigenvalue weighted by molar-refractivity contribution is -0.167. The molecule has 1 atom stereocenters. The maximum Gasteiger partial charge on any atom is 0.306 e. The molecule has 0 rings (SSSR count). The summed E-state index contributed by atoms with van der Waals surface area (Å²) in [5, 5.41) is 0. The first kappa shape index (κ1) is 74.8. The van der Waals surface area contributed by atoms with E-state index in [0.717, 1.165) is 103 Å². The molecule has 0 aromatic heterocycles. The normalized spacial score (nSPS) is 12.5. The Hall–Kier alpha value is -3.15. The van der Waals surface area contributed by atoms with E-state index in [1.54, 1.807) is 0 Å². The SMILES string of the molecule is CC/C=C\C/C=C\C/C=C\CCCCCCCCCC(=O)OC(COC(=O)CCCCCCC/C=C\C/C=C\CCCCCC)COC(=O)CCCCCCCCCCCCCCCCC/C=C\CCCCCCCCCC. The molecule has 0 spiro atoms. The summed E-state index contributed by atoms with van der Waals surface area (Å²) in [6.07, 6.45) is 86.4. The topological polar surface area (TPSA) is 78.9 Å². The standard InChI is InChI=1S/C72H128O6/c1-4-7-10-13-16-19-22-25-28-31-32-33-34-35-36-37-38-39-40-42-44-47-50-53-56-59-62-65-71(74)77-68-69(67-76-70(73)64-61-58-55-52-49-46-43-30-27-24-21-18-15-12-9-6-3)78-72(75)66-63-60-57-54-51-48-45-41-29-26-23-20-17-14-11-8-5-2/h8,11,17,20-21,24,26,29-32,43,69H,4-7,9-10,12-16,18-19,22-23,25,27-28,33-42,44-68H2,1-3H3/b11-8-,20-17-,24-21-,29-26-,32-31-,43-30-. The molecule has 1 unspecified atom stereocenters. The van der Waals surface area contributed by atoms with Gasteiger partial charge in [0.25, 0.3) is 0 Å². The predicted molar refractivity (Wildman–Crippen MR) is 339 cm³/mol. The van der Waals surface area contributed by atoms with Gasteiger partial charge in [-0.05, 0) is 109 Å². The third kappa shape index (κ3) is 63.7. The van der Waals surface area contributed by atoms with Crippen molar-refractivity contribution in [1.29, 1.82) is 0 Å². The van der Waals surface area contributed by atoms with Crippen LogP contribution in [0.1, 0.15) is 348 Å². The fourth-order valence-corrected chi connectivity index (χ4v) is 9.84. The van der Waals surface area contributed by atoms with Crippen LogP contribution in [-0.2, 0) is 28.6 Å². The van der Waals surface area contributed by atoms with Crippen LogP contribution in [0, 0.1) is 0 Å². The number of hydrogen-bond donors (Lipinski definition) is 0. The van der Waals surface area contributed by atoms with Crippen LogP contribution in [0.4, 0.5) is 0 Å². The third-order valence-electron chi connectivity index (χ3n) is 14.9. The summed E-state index contributed by atoms with van der Waals surface area (Å²) in [6.45, 7) is 6.54. The molecular formula is C72H128O6. The summed E-state index contributed by atoms with van der Waals surface area (Å²) < 4.78 is 16.9. The quantitative estimate of drug-likeness (QED) is 0.0261. The van der Waals surface area contributed by atoms with Gasteiger partial charge in [0.1, 0.15) is 13.2 Å². The summed E-state index contributed by atoms with van der Waals surface area (Å²) in [7, 11) is 0. The van der Waals surface area contributed by atoms with Crippen LogP contribution in [0.5, 0.6) is 0 Å². The van der Waals surface area contributed by atoms with Crippen LogP contribution in [0.25, 0.3) is 0 Å². The predicted octanol–water partition coefficient (Wildman–Crippen LogP) is 23.3. The van der Waals surface area contributed by atoms with E-state index in [0.29, 0.717) is 19.3 Å². The summed E-state index contributed by atoms with van der Waals surface area (Å²) in [5.74, 6) is -0.889. The van der Waals surface area contributed by atoms with E-state index >= 15 is 0 Å². The maximum atomic E-state index is 12.9. The molecule has 0 fully saturated rings. The van der Waals surface area contributed by atoms with Crippen molar-refractivity contribution >= 4 is 17.9 Å². The van der Waals surface area contributed by atoms with Gasteiger partial charge >= 0.3 is 17.9 Å². The minimum Gasteiger partial charge on any atom is -0.462 e. The van der Waals surface area contributed by atoms with Gasteiger partial charge in [0.05, 0.1) is 0 Å². The summed E-state index contributed by atoms with van der Waals surface area (Å²) >= 11 is 0. The van der Waals surface area contributed by atoms with Crippen LogP contribution in [0.15, 0.2) is 72.9 Å². The Labute approximate surface area is 484 Å². The number of esters is 3. The molecular weight excluding hydrogens is 961 g/mol. The molecule has 6 nitrogen and oxygen atoms in total. The van der Waals surface area contributed by atoms with Crippen molar-refractivity contribution in [2.45, 2.75) is 354 Å². The first-order valence-corrected chi connectivity index (χ1v) is 33.9. The molecule has 0 radical (unpaired) electrons. The molecule has 6 heteroatoms. The first-order valence-electron chi connectivity index (χ1n) is 33.9. The van der Waals surface area contributed by atoms with Gasteiger partial charge in [-0.3, -0.25) is 14.4 Å². The molecule has 0 aromatic rings. The molecule has 0 saturated carbocycles. The number of allylic oxidation sites excluding steroid dienone is 12. The van der Waals surface area contributed by atoms with E-state index in [-0.39, 0.29) is 31.1 Å². The molecule has 0 saturated heterocycles. The van der Waals surface area contributed by atoms with Crippen molar-refractivity contribution in [1.82, 2.24) is 0 Å². The summed E-state index contributed by atoms with van der Waals surface area (Å²) in [5.41, 5.74) is 0. The second-order valence-electron chi connectivity index (χ2n) is 22.7. The highest BCUT2D eigenvalue weighted by atomic mass is 16.6. The zero-order chi connectivity index (χ0) is 56.4. The number of carbonyl (C=O) groups excluding carboxylic acids is 3. The lowest BCUT2D eigenvalue weighted by Crippen LogP contribution is -2.30. The summed E-state index contributed by atoms with van der Waals surface area (Å²) in [6, 6.07) is 0. The molecule has 0 bridgehead atoms. The Morgan fingerprint density at radius 1 is 0.269 bits per heavy atom. The van der Waals surface area contributed by atoms with Crippen molar-refractivity contribution in [3.63, 3.8) is 0 Å². The smallest absolute Gasteiger partial charge is 0.306 e. The molecule has 0 amide bonds. The minimum absolute atomic E-state index is 0.0819. The minimum atomic E-state index is -0.788. The Morgan fingerprint density at radius 2 is 0.500 bits per heavy atom. The molecule has 0 aliphatic heterocycles. The van der Waals surface area contributed by atoms with Gasteiger partial charge < -0.3 is 14.2 Å². The van der Waals surface area contributed by atoms with Gasteiger partial charge in [0, 0.05) is 19.3 Å². The van der Waals surface area contributed by atoms with Crippen LogP contribution in [-0.4, -0.2) is 37.2 Å². The van der Waals surface area contributed by atoms with Crippen LogP contribution < -0.4 is 0 Å². The molecule has 0 N–H and O–H groups in total. The van der Waals surface area contributed by atoms with E-state index in [2.05, 4.69) is 93.7 Å². The fraction of sp³-hybridized carbons (Fsp3) is 0.792. The molecule has 78 heavy (non-hydrogen) atoms. The molecule has 0 heterocycles. The van der Waals surface area contributed by atoms with Gasteiger partial charge in [0.2, 0.25) is 0 Å². The second-order valence-corrected chi connectivity index (χ2v) is 22.7. The average Bonchev–Trinajstić information content (AvgIpc) is 3.44.